The Kier molecular flexibility index (Phi) is 6.56. The SMILES string of the molecule is CCCCCN(C)S(=O)(=O)c1cc([N+](=O)[O-])c(NCC)s1. The molecule has 0 aliphatic heterocycles. The molecule has 0 aromatic carbocycles. The Labute approximate surface area is 129 Å². The van der Waals surface area contributed by atoms with Crippen LogP contribution >= 0.6 is 11.3 Å². The number of nitrogens with one attached hydrogen (secondary N) is 1. The molecule has 0 spiro atoms. The lowest BCUT2D eigenvalue weighted by atomic mass is 10.2. The maximum absolute atomic E-state index is 12.4. The predicted molar refractivity (Wildman–Crippen MR) is 84.5 cm³/mol. The average Bonchev–Trinajstić information content (AvgIpc) is 2.84. The number of hydrogen-bond acceptors (Lipinski definition) is 6. The first-order valence-electron chi connectivity index (χ1n) is 6.83. The van der Waals surface area contributed by atoms with Gasteiger partial charge < -0.3 is 5.32 Å². The minimum absolute atomic E-state index is 0.00384. The molecule has 0 saturated heterocycles. The monoisotopic (exact) mass is 335 g/mol. The van der Waals surface area contributed by atoms with Crippen LogP contribution in [0.15, 0.2) is 10.3 Å². The van der Waals surface area contributed by atoms with Gasteiger partial charge in [-0.2, -0.15) is 0 Å². The van der Waals surface area contributed by atoms with E-state index < -0.39 is 14.9 Å². The fourth-order valence-electron chi connectivity index (χ4n) is 1.77. The number of nitro groups is 1. The van der Waals surface area contributed by atoms with Crippen LogP contribution in [0.1, 0.15) is 33.1 Å². The Morgan fingerprint density at radius 2 is 2.05 bits per heavy atom. The van der Waals surface area contributed by atoms with Crippen molar-refractivity contribution in [1.82, 2.24) is 4.31 Å². The average molecular weight is 335 g/mol. The molecule has 0 aliphatic rings. The van der Waals surface area contributed by atoms with Crippen molar-refractivity contribution in [3.8, 4) is 0 Å². The summed E-state index contributed by atoms with van der Waals surface area (Å²) in [6.45, 7) is 4.75. The number of unbranched alkanes of at least 4 members (excludes halogenated alkanes) is 2. The maximum Gasteiger partial charge on any atom is 0.304 e. The van der Waals surface area contributed by atoms with Crippen LogP contribution in [0.3, 0.4) is 0 Å². The Balaban J connectivity index is 3.02. The molecule has 0 bridgehead atoms. The molecule has 9 heteroatoms. The lowest BCUT2D eigenvalue weighted by Crippen LogP contribution is -2.27. The molecule has 0 amide bonds. The topological polar surface area (TPSA) is 92.5 Å². The Bertz CT molecular complexity index is 583. The summed E-state index contributed by atoms with van der Waals surface area (Å²) >= 11 is 0.904. The number of thiophene rings is 1. The zero-order chi connectivity index (χ0) is 16.0. The molecular formula is C12H21N3O4S2. The second-order valence-corrected chi connectivity index (χ2v) is 7.92. The van der Waals surface area contributed by atoms with Gasteiger partial charge in [-0.3, -0.25) is 10.1 Å². The van der Waals surface area contributed by atoms with Crippen molar-refractivity contribution < 1.29 is 13.3 Å². The van der Waals surface area contributed by atoms with Gasteiger partial charge in [0.25, 0.3) is 10.0 Å². The number of rotatable bonds is 9. The first kappa shape index (κ1) is 17.9. The molecule has 0 atom stereocenters. The van der Waals surface area contributed by atoms with Crippen LogP contribution in [0, 0.1) is 10.1 Å². The molecule has 7 nitrogen and oxygen atoms in total. The van der Waals surface area contributed by atoms with Crippen molar-refractivity contribution in [2.45, 2.75) is 37.3 Å². The molecule has 120 valence electrons. The first-order valence-corrected chi connectivity index (χ1v) is 9.08. The van der Waals surface area contributed by atoms with Gasteiger partial charge in [0.05, 0.1) is 4.92 Å². The van der Waals surface area contributed by atoms with Gasteiger partial charge in [-0.1, -0.05) is 31.1 Å². The van der Waals surface area contributed by atoms with Crippen molar-refractivity contribution in [2.24, 2.45) is 0 Å². The highest BCUT2D eigenvalue weighted by molar-refractivity contribution is 7.91. The van der Waals surface area contributed by atoms with E-state index in [1.807, 2.05) is 6.92 Å². The van der Waals surface area contributed by atoms with Gasteiger partial charge in [-0.05, 0) is 13.3 Å². The number of anilines is 1. The van der Waals surface area contributed by atoms with Crippen molar-refractivity contribution in [3.63, 3.8) is 0 Å². The second kappa shape index (κ2) is 7.71. The van der Waals surface area contributed by atoms with Gasteiger partial charge in [0, 0.05) is 26.2 Å². The molecule has 21 heavy (non-hydrogen) atoms. The van der Waals surface area contributed by atoms with Crippen LogP contribution in [0.4, 0.5) is 10.7 Å². The summed E-state index contributed by atoms with van der Waals surface area (Å²) in [6, 6.07) is 1.13. The van der Waals surface area contributed by atoms with E-state index in [-0.39, 0.29) is 14.9 Å². The highest BCUT2D eigenvalue weighted by atomic mass is 32.2. The van der Waals surface area contributed by atoms with E-state index in [0.717, 1.165) is 36.7 Å². The molecule has 1 N–H and O–H groups in total. The van der Waals surface area contributed by atoms with Crippen LogP contribution < -0.4 is 5.32 Å². The highest BCUT2D eigenvalue weighted by Gasteiger charge is 2.28. The van der Waals surface area contributed by atoms with E-state index >= 15 is 0 Å². The summed E-state index contributed by atoms with van der Waals surface area (Å²) in [7, 11) is -2.16. The van der Waals surface area contributed by atoms with Gasteiger partial charge >= 0.3 is 5.69 Å². The van der Waals surface area contributed by atoms with Gasteiger partial charge in [-0.25, -0.2) is 12.7 Å². The van der Waals surface area contributed by atoms with Crippen LogP contribution in [-0.2, 0) is 10.0 Å². The van der Waals surface area contributed by atoms with E-state index in [4.69, 9.17) is 0 Å². The third kappa shape index (κ3) is 4.39. The third-order valence-corrected chi connectivity index (χ3v) is 6.35. The van der Waals surface area contributed by atoms with E-state index in [1.54, 1.807) is 6.92 Å². The number of hydrogen-bond donors (Lipinski definition) is 1. The fraction of sp³-hybridized carbons (Fsp3) is 0.667. The molecule has 1 aromatic heterocycles. The summed E-state index contributed by atoms with van der Waals surface area (Å²) in [5.41, 5.74) is -0.192. The number of sulfonamides is 1. The Morgan fingerprint density at radius 1 is 1.38 bits per heavy atom. The molecule has 0 aliphatic carbocycles. The molecular weight excluding hydrogens is 314 g/mol. The lowest BCUT2D eigenvalue weighted by Gasteiger charge is -2.15. The summed E-state index contributed by atoms with van der Waals surface area (Å²) in [5, 5.41) is 14.1. The van der Waals surface area contributed by atoms with Crippen LogP contribution in [0.25, 0.3) is 0 Å². The van der Waals surface area contributed by atoms with Crippen LogP contribution in [0.2, 0.25) is 0 Å². The van der Waals surface area contributed by atoms with Crippen molar-refractivity contribution in [1.29, 1.82) is 0 Å². The quantitative estimate of drug-likeness (QED) is 0.425. The van der Waals surface area contributed by atoms with Crippen molar-refractivity contribution in [3.05, 3.63) is 16.2 Å². The largest absolute Gasteiger partial charge is 0.372 e. The normalized spacial score (nSPS) is 11.8. The first-order chi connectivity index (χ1) is 9.84. The molecule has 1 rings (SSSR count). The van der Waals surface area contributed by atoms with E-state index in [9.17, 15) is 18.5 Å². The Hall–Kier alpha value is -1.19. The second-order valence-electron chi connectivity index (χ2n) is 4.60. The van der Waals surface area contributed by atoms with Crippen LogP contribution in [0.5, 0.6) is 0 Å². The molecule has 0 fully saturated rings. The van der Waals surface area contributed by atoms with Gasteiger partial charge in [0.1, 0.15) is 4.21 Å². The molecule has 0 saturated carbocycles. The Morgan fingerprint density at radius 3 is 2.57 bits per heavy atom. The minimum Gasteiger partial charge on any atom is -0.372 e. The van der Waals surface area contributed by atoms with Crippen molar-refractivity contribution >= 4 is 32.0 Å². The summed E-state index contributed by atoms with van der Waals surface area (Å²) in [6.07, 6.45) is 2.73. The van der Waals surface area contributed by atoms with E-state index in [1.165, 1.54) is 11.4 Å². The lowest BCUT2D eigenvalue weighted by molar-refractivity contribution is -0.383. The minimum atomic E-state index is -3.67. The molecule has 0 radical (unpaired) electrons. The third-order valence-electron chi connectivity index (χ3n) is 2.97. The predicted octanol–water partition coefficient (Wildman–Crippen LogP) is 2.90. The van der Waals surface area contributed by atoms with E-state index in [0.29, 0.717) is 13.1 Å². The van der Waals surface area contributed by atoms with Crippen LogP contribution in [-0.4, -0.2) is 37.8 Å². The smallest absolute Gasteiger partial charge is 0.304 e. The van der Waals surface area contributed by atoms with Crippen molar-refractivity contribution in [2.75, 3.05) is 25.5 Å². The maximum atomic E-state index is 12.4. The zero-order valence-electron chi connectivity index (χ0n) is 12.5. The van der Waals surface area contributed by atoms with Gasteiger partial charge in [0.2, 0.25) is 0 Å². The van der Waals surface area contributed by atoms with E-state index in [2.05, 4.69) is 5.32 Å². The molecule has 1 aromatic rings. The number of nitrogens with zero attached hydrogens (tertiary/aromatic N) is 2. The molecule has 0 unspecified atom stereocenters. The molecule has 1 heterocycles. The fourth-order valence-corrected chi connectivity index (χ4v) is 4.58. The zero-order valence-corrected chi connectivity index (χ0v) is 14.1. The van der Waals surface area contributed by atoms with Gasteiger partial charge in [-0.15, -0.1) is 0 Å². The summed E-state index contributed by atoms with van der Waals surface area (Å²) in [5.74, 6) is 0. The summed E-state index contributed by atoms with van der Waals surface area (Å²) < 4.78 is 26.1. The standard InChI is InChI=1S/C12H21N3O4S2/c1-4-6-7-8-14(3)21(18,19)11-9-10(15(16)17)12(20-11)13-5-2/h9,13H,4-8H2,1-3H3. The summed E-state index contributed by atoms with van der Waals surface area (Å²) in [4.78, 5) is 10.4. The highest BCUT2D eigenvalue weighted by Crippen LogP contribution is 2.37. The van der Waals surface area contributed by atoms with Gasteiger partial charge in [0.15, 0.2) is 5.00 Å².